The van der Waals surface area contributed by atoms with Gasteiger partial charge in [-0.15, -0.1) is 0 Å². The number of aliphatic hydroxyl groups excluding tert-OH is 1. The summed E-state index contributed by atoms with van der Waals surface area (Å²) in [5, 5.41) is 11.8. The molecule has 6 aromatic rings. The zero-order valence-corrected chi connectivity index (χ0v) is 36.2. The second-order valence-electron chi connectivity index (χ2n) is 16.2. The molecule has 0 unspecified atom stereocenters. The van der Waals surface area contributed by atoms with Crippen LogP contribution in [0.2, 0.25) is 0 Å². The molecule has 0 bridgehead atoms. The third-order valence-corrected chi connectivity index (χ3v) is 11.5. The summed E-state index contributed by atoms with van der Waals surface area (Å²) >= 11 is 0. The lowest BCUT2D eigenvalue weighted by atomic mass is 9.97. The van der Waals surface area contributed by atoms with Crippen molar-refractivity contribution in [1.29, 1.82) is 0 Å². The van der Waals surface area contributed by atoms with Crippen LogP contribution < -0.4 is 0 Å². The molecule has 6 aromatic carbocycles. The molecule has 10 heteroatoms. The summed E-state index contributed by atoms with van der Waals surface area (Å²) in [7, 11) is 0. The lowest BCUT2D eigenvalue weighted by Gasteiger charge is -2.47. The number of aliphatic hydroxyl groups is 1. The van der Waals surface area contributed by atoms with Crippen LogP contribution in [-0.4, -0.2) is 73.1 Å². The number of benzene rings is 6. The van der Waals surface area contributed by atoms with Gasteiger partial charge in [-0.1, -0.05) is 182 Å². The molecule has 10 nitrogen and oxygen atoms in total. The lowest BCUT2D eigenvalue weighted by molar-refractivity contribution is -0.345. The van der Waals surface area contributed by atoms with Gasteiger partial charge in [0.25, 0.3) is 0 Å². The molecule has 2 aliphatic rings. The lowest BCUT2D eigenvalue weighted by Crippen LogP contribution is -2.63. The minimum atomic E-state index is -1.37. The molecule has 0 aromatic heterocycles. The molecule has 8 rings (SSSR count). The number of rotatable bonds is 21. The van der Waals surface area contributed by atoms with E-state index in [4.69, 9.17) is 42.6 Å². The maximum Gasteiger partial charge on any atom is 0.186 e. The summed E-state index contributed by atoms with van der Waals surface area (Å²) in [6.07, 6.45) is -7.86. The van der Waals surface area contributed by atoms with E-state index in [1.54, 1.807) is 0 Å². The van der Waals surface area contributed by atoms with E-state index >= 15 is 0 Å². The minimum absolute atomic E-state index is 0.0450. The van der Waals surface area contributed by atoms with Gasteiger partial charge in [-0.25, -0.2) is 0 Å². The van der Waals surface area contributed by atoms with Gasteiger partial charge in [0.05, 0.1) is 52.4 Å². The van der Waals surface area contributed by atoms with Gasteiger partial charge in [-0.3, -0.25) is 0 Å². The van der Waals surface area contributed by atoms with Crippen molar-refractivity contribution in [2.75, 3.05) is 6.61 Å². The maximum absolute atomic E-state index is 11.8. The highest BCUT2D eigenvalue weighted by atomic mass is 16.7. The van der Waals surface area contributed by atoms with Crippen molar-refractivity contribution in [3.05, 3.63) is 215 Å². The van der Waals surface area contributed by atoms with Crippen LogP contribution in [0, 0.1) is 0 Å². The molecule has 64 heavy (non-hydrogen) atoms. The molecule has 0 spiro atoms. The Bertz CT molecular complexity index is 2030. The number of hydrogen-bond donors (Lipinski definition) is 1. The molecular formula is C54H58O10. The van der Waals surface area contributed by atoms with E-state index in [2.05, 4.69) is 0 Å². The summed E-state index contributed by atoms with van der Waals surface area (Å²) < 4.78 is 60.2. The first kappa shape index (κ1) is 45.5. The third kappa shape index (κ3) is 12.8. The molecular weight excluding hydrogens is 809 g/mol. The normalized spacial score (nSPS) is 25.8. The molecule has 0 radical (unpaired) electrons. The molecule has 0 saturated carbocycles. The second-order valence-corrected chi connectivity index (χ2v) is 16.2. The van der Waals surface area contributed by atoms with E-state index in [0.717, 1.165) is 33.4 Å². The van der Waals surface area contributed by atoms with Crippen LogP contribution >= 0.6 is 0 Å². The average Bonchev–Trinajstić information content (AvgIpc) is 3.35. The van der Waals surface area contributed by atoms with Gasteiger partial charge >= 0.3 is 0 Å². The quantitative estimate of drug-likeness (QED) is 0.0755. The Kier molecular flexibility index (Phi) is 16.9. The molecule has 334 valence electrons. The fourth-order valence-corrected chi connectivity index (χ4v) is 8.09. The predicted octanol–water partition coefficient (Wildman–Crippen LogP) is 8.98. The Labute approximate surface area is 376 Å². The van der Waals surface area contributed by atoms with Crippen molar-refractivity contribution in [3.8, 4) is 0 Å². The largest absolute Gasteiger partial charge is 0.368 e. The highest BCUT2D eigenvalue weighted by Crippen LogP contribution is 2.34. The SMILES string of the molecule is C[C@@H]1O[C@H](OC[C@H]2O[C@@H](O)[C@H](OCc3ccccc3)[C@@H](OCc3ccccc3)[C@H]2OCc2ccccc2)[C@@H](OCc2ccccc2)[C@H](OCc2ccccc2)[C@@H]1OCc1ccccc1. The van der Waals surface area contributed by atoms with Gasteiger partial charge in [0.15, 0.2) is 12.6 Å². The first-order valence-corrected chi connectivity index (χ1v) is 22.1. The Balaban J connectivity index is 1.07. The summed E-state index contributed by atoms with van der Waals surface area (Å²) in [4.78, 5) is 0. The predicted molar refractivity (Wildman–Crippen MR) is 241 cm³/mol. The monoisotopic (exact) mass is 866 g/mol. The summed E-state index contributed by atoms with van der Waals surface area (Å²) in [6, 6.07) is 59.7. The fraction of sp³-hybridized carbons (Fsp3) is 0.333. The fourth-order valence-electron chi connectivity index (χ4n) is 8.09. The van der Waals surface area contributed by atoms with Crippen molar-refractivity contribution in [1.82, 2.24) is 0 Å². The highest BCUT2D eigenvalue weighted by molar-refractivity contribution is 5.18. The third-order valence-electron chi connectivity index (χ3n) is 11.5. The van der Waals surface area contributed by atoms with Crippen LogP contribution in [0.3, 0.4) is 0 Å². The number of hydrogen-bond acceptors (Lipinski definition) is 10. The second kappa shape index (κ2) is 23.7. The van der Waals surface area contributed by atoms with Crippen LogP contribution in [0.5, 0.6) is 0 Å². The molecule has 2 heterocycles. The minimum Gasteiger partial charge on any atom is -0.368 e. The van der Waals surface area contributed by atoms with Crippen molar-refractivity contribution in [2.45, 2.75) is 108 Å². The Hall–Kier alpha value is -5.08. The van der Waals surface area contributed by atoms with Crippen LogP contribution in [-0.2, 0) is 82.3 Å². The summed E-state index contributed by atoms with van der Waals surface area (Å²) in [6.45, 7) is 3.61. The average molecular weight is 867 g/mol. The zero-order valence-electron chi connectivity index (χ0n) is 36.2. The molecule has 0 amide bonds. The van der Waals surface area contributed by atoms with Gasteiger partial charge in [0.2, 0.25) is 0 Å². The Morgan fingerprint density at radius 3 is 1.02 bits per heavy atom. The van der Waals surface area contributed by atoms with Crippen molar-refractivity contribution < 1.29 is 47.7 Å². The summed E-state index contributed by atoms with van der Waals surface area (Å²) in [5.74, 6) is 0. The Morgan fingerprint density at radius 1 is 0.344 bits per heavy atom. The van der Waals surface area contributed by atoms with Crippen LogP contribution in [0.25, 0.3) is 0 Å². The van der Waals surface area contributed by atoms with Crippen molar-refractivity contribution >= 4 is 0 Å². The Morgan fingerprint density at radius 2 is 0.641 bits per heavy atom. The van der Waals surface area contributed by atoms with Crippen LogP contribution in [0.1, 0.15) is 40.3 Å². The molecule has 2 aliphatic heterocycles. The molecule has 1 N–H and O–H groups in total. The van der Waals surface area contributed by atoms with Crippen LogP contribution in [0.4, 0.5) is 0 Å². The van der Waals surface area contributed by atoms with Gasteiger partial charge in [-0.2, -0.15) is 0 Å². The zero-order chi connectivity index (χ0) is 43.8. The van der Waals surface area contributed by atoms with E-state index < -0.39 is 61.4 Å². The molecule has 0 aliphatic carbocycles. The van der Waals surface area contributed by atoms with E-state index in [1.807, 2.05) is 189 Å². The van der Waals surface area contributed by atoms with Gasteiger partial charge in [-0.05, 0) is 40.3 Å². The maximum atomic E-state index is 11.8. The van der Waals surface area contributed by atoms with Crippen LogP contribution in [0.15, 0.2) is 182 Å². The molecule has 10 atom stereocenters. The molecule has 2 saturated heterocycles. The van der Waals surface area contributed by atoms with E-state index in [0.29, 0.717) is 13.2 Å². The summed E-state index contributed by atoms with van der Waals surface area (Å²) in [5.41, 5.74) is 5.90. The van der Waals surface area contributed by atoms with Gasteiger partial charge in [0.1, 0.15) is 42.7 Å². The first-order chi connectivity index (χ1) is 31.6. The topological polar surface area (TPSA) is 103 Å². The standard InChI is InChI=1S/C54H58O10/c1-39-47(56-32-40-20-8-2-9-21-40)49(58-34-42-24-12-4-13-25-42)52(61-37-45-30-18-7-19-31-45)54(63-39)62-38-46-48(57-33-41-22-10-3-11-23-41)50(59-35-43-26-14-5-15-27-43)51(53(55)64-46)60-36-44-28-16-6-17-29-44/h2-31,39,46-55H,32-38H2,1H3/t39-,46+,47+,48-,49+,50-,51+,52-,53+,54-/m0/s1. The number of ether oxygens (including phenoxy) is 9. The van der Waals surface area contributed by atoms with E-state index in [1.165, 1.54) is 0 Å². The van der Waals surface area contributed by atoms with Crippen molar-refractivity contribution in [3.63, 3.8) is 0 Å². The van der Waals surface area contributed by atoms with Gasteiger partial charge < -0.3 is 47.7 Å². The van der Waals surface area contributed by atoms with Gasteiger partial charge in [0, 0.05) is 0 Å². The first-order valence-electron chi connectivity index (χ1n) is 22.1. The molecule has 2 fully saturated rings. The van der Waals surface area contributed by atoms with Crippen molar-refractivity contribution in [2.24, 2.45) is 0 Å². The highest BCUT2D eigenvalue weighted by Gasteiger charge is 2.51. The van der Waals surface area contributed by atoms with E-state index in [9.17, 15) is 5.11 Å². The smallest absolute Gasteiger partial charge is 0.186 e. The van der Waals surface area contributed by atoms with E-state index in [-0.39, 0.29) is 33.0 Å².